The van der Waals surface area contributed by atoms with E-state index in [1.54, 1.807) is 36.5 Å². The highest BCUT2D eigenvalue weighted by Gasteiger charge is 2.25. The molecule has 1 aromatic carbocycles. The Morgan fingerprint density at radius 2 is 2.00 bits per heavy atom. The van der Waals surface area contributed by atoms with Gasteiger partial charge in [-0.25, -0.2) is 18.1 Å². The highest BCUT2D eigenvalue weighted by molar-refractivity contribution is 8.18. The summed E-state index contributed by atoms with van der Waals surface area (Å²) in [4.78, 5) is 36.5. The lowest BCUT2D eigenvalue weighted by Crippen LogP contribution is -2.29. The van der Waals surface area contributed by atoms with Crippen molar-refractivity contribution in [1.82, 2.24) is 25.0 Å². The van der Waals surface area contributed by atoms with Crippen LogP contribution in [0.4, 0.5) is 10.7 Å². The monoisotopic (exact) mass is 552 g/mol. The number of amides is 2. The summed E-state index contributed by atoms with van der Waals surface area (Å²) in [6.07, 6.45) is 6.10. The van der Waals surface area contributed by atoms with E-state index in [-0.39, 0.29) is 41.3 Å². The topological polar surface area (TPSA) is 165 Å². The Labute approximate surface area is 221 Å². The molecule has 2 amide bonds. The number of ether oxygens (including phenoxy) is 1. The maximum absolute atomic E-state index is 12.9. The van der Waals surface area contributed by atoms with E-state index in [2.05, 4.69) is 30.3 Å². The number of anilines is 1. The summed E-state index contributed by atoms with van der Waals surface area (Å²) < 4.78 is 39.4. The summed E-state index contributed by atoms with van der Waals surface area (Å²) in [6.45, 7) is 0.290. The number of carbonyl (C=O) groups is 2. The van der Waals surface area contributed by atoms with Crippen LogP contribution in [0.2, 0.25) is 0 Å². The molecule has 38 heavy (non-hydrogen) atoms. The second-order valence-corrected chi connectivity index (χ2v) is 10.6. The number of hydrogen-bond donors (Lipinski definition) is 3. The Kier molecular flexibility index (Phi) is 7.35. The van der Waals surface area contributed by atoms with Crippen molar-refractivity contribution in [3.05, 3.63) is 77.5 Å². The van der Waals surface area contributed by atoms with Gasteiger partial charge in [-0.1, -0.05) is 12.1 Å². The summed E-state index contributed by atoms with van der Waals surface area (Å²) in [5, 5.41) is 5.95. The molecule has 4 heterocycles. The minimum absolute atomic E-state index is 0.0355. The fourth-order valence-corrected chi connectivity index (χ4v) is 5.46. The molecule has 1 saturated heterocycles. The van der Waals surface area contributed by atoms with Gasteiger partial charge in [-0.3, -0.25) is 19.9 Å². The number of aromatic nitrogens is 3. The highest BCUT2D eigenvalue weighted by atomic mass is 32.2. The average Bonchev–Trinajstić information content (AvgIpc) is 3.54. The van der Waals surface area contributed by atoms with Crippen LogP contribution in [0.25, 0.3) is 16.8 Å². The van der Waals surface area contributed by atoms with Crippen LogP contribution >= 0.6 is 11.8 Å². The van der Waals surface area contributed by atoms with E-state index in [1.165, 1.54) is 30.7 Å². The predicted octanol–water partition coefficient (Wildman–Crippen LogP) is 2.91. The van der Waals surface area contributed by atoms with Crippen molar-refractivity contribution in [2.24, 2.45) is 0 Å². The van der Waals surface area contributed by atoms with Gasteiger partial charge in [0.25, 0.3) is 11.1 Å². The molecule has 0 bridgehead atoms. The van der Waals surface area contributed by atoms with Gasteiger partial charge in [-0.15, -0.1) is 0 Å². The van der Waals surface area contributed by atoms with Crippen LogP contribution in [0, 0.1) is 0 Å². The van der Waals surface area contributed by atoms with Gasteiger partial charge in [-0.2, -0.15) is 4.98 Å². The van der Waals surface area contributed by atoms with Crippen LogP contribution in [-0.2, 0) is 21.4 Å². The van der Waals surface area contributed by atoms with Crippen molar-refractivity contribution in [3.63, 3.8) is 0 Å². The Balaban J connectivity index is 1.29. The van der Waals surface area contributed by atoms with Crippen LogP contribution in [-0.4, -0.2) is 47.6 Å². The number of hydrogen-bond acceptors (Lipinski definition) is 11. The van der Waals surface area contributed by atoms with Gasteiger partial charge < -0.3 is 14.5 Å². The molecule has 3 N–H and O–H groups in total. The summed E-state index contributed by atoms with van der Waals surface area (Å²) in [5.41, 5.74) is 0.314. The van der Waals surface area contributed by atoms with Gasteiger partial charge in [0.2, 0.25) is 21.9 Å². The minimum atomic E-state index is -3.80. The number of nitrogens with zero attached hydrogens (tertiary/aromatic N) is 3. The first-order valence-electron chi connectivity index (χ1n) is 11.2. The van der Waals surface area contributed by atoms with E-state index < -0.39 is 21.2 Å². The summed E-state index contributed by atoms with van der Waals surface area (Å²) >= 11 is 0.759. The average molecular weight is 553 g/mol. The van der Waals surface area contributed by atoms with Crippen molar-refractivity contribution >= 4 is 55.7 Å². The SMILES string of the molecule is O=C1NC(=O)/C(=C/c2cc(OCc3ccco3)nc(NCCNS(=O)(=O)c3cccc4cnccc34)n2)S1. The molecule has 0 atom stereocenters. The highest BCUT2D eigenvalue weighted by Crippen LogP contribution is 2.26. The quantitative estimate of drug-likeness (QED) is 0.196. The number of carbonyl (C=O) groups excluding carboxylic acids is 2. The smallest absolute Gasteiger partial charge is 0.290 e. The molecule has 1 aliphatic rings. The molecule has 14 heteroatoms. The van der Waals surface area contributed by atoms with E-state index in [4.69, 9.17) is 9.15 Å². The van der Waals surface area contributed by atoms with Gasteiger partial charge in [0.05, 0.1) is 21.8 Å². The molecule has 3 aromatic heterocycles. The molecule has 12 nitrogen and oxygen atoms in total. The van der Waals surface area contributed by atoms with E-state index >= 15 is 0 Å². The Morgan fingerprint density at radius 1 is 1.11 bits per heavy atom. The van der Waals surface area contributed by atoms with Gasteiger partial charge >= 0.3 is 0 Å². The standard InChI is InChI=1S/C24H20N6O6S2/c31-22-19(37-24(32)30-22)11-16-12-21(36-14-17-4-2-10-35-17)29-23(28-16)26-8-9-27-38(33,34)20-5-1-3-15-13-25-7-6-18(15)20/h1-7,10-13,27H,8-9,14H2,(H,26,28,29)(H,30,31,32)/b19-11-. The summed E-state index contributed by atoms with van der Waals surface area (Å²) in [7, 11) is -3.80. The first-order chi connectivity index (χ1) is 18.4. The van der Waals surface area contributed by atoms with Crippen LogP contribution in [0.3, 0.4) is 0 Å². The maximum Gasteiger partial charge on any atom is 0.290 e. The molecule has 0 radical (unpaired) electrons. The van der Waals surface area contributed by atoms with Crippen molar-refractivity contribution in [2.45, 2.75) is 11.5 Å². The van der Waals surface area contributed by atoms with Crippen molar-refractivity contribution in [2.75, 3.05) is 18.4 Å². The number of furan rings is 1. The van der Waals surface area contributed by atoms with E-state index in [0.717, 1.165) is 11.8 Å². The molecule has 1 aliphatic heterocycles. The molecule has 194 valence electrons. The number of sulfonamides is 1. The fraction of sp³-hybridized carbons (Fsp3) is 0.125. The normalized spacial score (nSPS) is 14.7. The maximum atomic E-state index is 12.9. The fourth-order valence-electron chi connectivity index (χ4n) is 3.53. The molecular formula is C24H20N6O6S2. The molecule has 0 unspecified atom stereocenters. The number of benzene rings is 1. The van der Waals surface area contributed by atoms with Crippen LogP contribution in [0.1, 0.15) is 11.5 Å². The second-order valence-electron chi connectivity index (χ2n) is 7.85. The first-order valence-corrected chi connectivity index (χ1v) is 13.5. The number of pyridine rings is 1. The molecule has 5 rings (SSSR count). The van der Waals surface area contributed by atoms with E-state index in [0.29, 0.717) is 22.2 Å². The van der Waals surface area contributed by atoms with Gasteiger partial charge in [0, 0.05) is 42.3 Å². The Morgan fingerprint density at radius 3 is 2.79 bits per heavy atom. The predicted molar refractivity (Wildman–Crippen MR) is 140 cm³/mol. The lowest BCUT2D eigenvalue weighted by atomic mass is 10.2. The molecule has 4 aromatic rings. The lowest BCUT2D eigenvalue weighted by Gasteiger charge is -2.11. The van der Waals surface area contributed by atoms with Crippen molar-refractivity contribution < 1.29 is 27.2 Å². The van der Waals surface area contributed by atoms with E-state index in [1.807, 2.05) is 0 Å². The molecule has 0 spiro atoms. The number of fused-ring (bicyclic) bond motifs is 1. The largest absolute Gasteiger partial charge is 0.469 e. The third-order valence-corrected chi connectivity index (χ3v) is 7.55. The van der Waals surface area contributed by atoms with E-state index in [9.17, 15) is 18.0 Å². The number of imide groups is 1. The number of nitrogens with one attached hydrogen (secondary N) is 3. The summed E-state index contributed by atoms with van der Waals surface area (Å²) in [5.74, 6) is 0.377. The van der Waals surface area contributed by atoms with Gasteiger partial charge in [0.1, 0.15) is 12.4 Å². The zero-order chi connectivity index (χ0) is 26.5. The van der Waals surface area contributed by atoms with Crippen LogP contribution in [0.5, 0.6) is 5.88 Å². The molecule has 0 aliphatic carbocycles. The zero-order valence-corrected chi connectivity index (χ0v) is 21.2. The third kappa shape index (κ3) is 5.99. The van der Waals surface area contributed by atoms with Crippen molar-refractivity contribution in [1.29, 1.82) is 0 Å². The molecular weight excluding hydrogens is 532 g/mol. The first kappa shape index (κ1) is 25.4. The van der Waals surface area contributed by atoms with Gasteiger partial charge in [-0.05, 0) is 42.1 Å². The van der Waals surface area contributed by atoms with Crippen molar-refractivity contribution in [3.8, 4) is 5.88 Å². The third-order valence-electron chi connectivity index (χ3n) is 5.22. The minimum Gasteiger partial charge on any atom is -0.469 e. The van der Waals surface area contributed by atoms with Crippen LogP contribution < -0.4 is 20.1 Å². The number of thioether (sulfide) groups is 1. The van der Waals surface area contributed by atoms with Crippen LogP contribution in [0.15, 0.2) is 75.3 Å². The molecule has 0 saturated carbocycles. The molecule has 1 fully saturated rings. The summed E-state index contributed by atoms with van der Waals surface area (Å²) in [6, 6.07) is 11.6. The second kappa shape index (κ2) is 11.0. The van der Waals surface area contributed by atoms with Gasteiger partial charge in [0.15, 0.2) is 0 Å². The number of rotatable bonds is 10. The Hall–Kier alpha value is -4.27. The zero-order valence-electron chi connectivity index (χ0n) is 19.6. The lowest BCUT2D eigenvalue weighted by molar-refractivity contribution is -0.115. The Bertz CT molecular complexity index is 1630.